The van der Waals surface area contributed by atoms with Crippen LogP contribution in [0.25, 0.3) is 0 Å². The Kier molecular flexibility index (Phi) is 13.9. The lowest BCUT2D eigenvalue weighted by Crippen LogP contribution is -2.26. The molecule has 1 amide bonds. The van der Waals surface area contributed by atoms with E-state index >= 15 is 0 Å². The topological polar surface area (TPSA) is 29.5 Å². The summed E-state index contributed by atoms with van der Waals surface area (Å²) >= 11 is 0. The lowest BCUT2D eigenvalue weighted by atomic mass is 10.1. The van der Waals surface area contributed by atoms with Gasteiger partial charge in [0.2, 0.25) is 5.91 Å². The van der Waals surface area contributed by atoms with Gasteiger partial charge in [-0.05, 0) is 26.2 Å². The maximum atomic E-state index is 11.9. The molecule has 0 N–H and O–H groups in total. The third kappa shape index (κ3) is 14.3. The molecule has 0 heterocycles. The molecule has 0 aliphatic rings. The van der Waals surface area contributed by atoms with Crippen molar-refractivity contribution in [2.24, 2.45) is 5.92 Å². The number of rotatable bonds is 12. The maximum absolute atomic E-state index is 11.9. The summed E-state index contributed by atoms with van der Waals surface area (Å²) in [6, 6.07) is 0. The molecular formula is C20H37NO2. The molecule has 0 radical (unpaired) electrons. The molecule has 0 aromatic rings. The van der Waals surface area contributed by atoms with Gasteiger partial charge in [-0.1, -0.05) is 58.3 Å². The van der Waals surface area contributed by atoms with E-state index in [-0.39, 0.29) is 5.91 Å². The lowest BCUT2D eigenvalue weighted by molar-refractivity contribution is -0.129. The van der Waals surface area contributed by atoms with Gasteiger partial charge in [0.15, 0.2) is 0 Å². The third-order valence-electron chi connectivity index (χ3n) is 3.89. The zero-order chi connectivity index (χ0) is 17.5. The molecule has 3 nitrogen and oxygen atoms in total. The van der Waals surface area contributed by atoms with E-state index in [2.05, 4.69) is 39.5 Å². The summed E-state index contributed by atoms with van der Waals surface area (Å²) in [6.45, 7) is 9.84. The van der Waals surface area contributed by atoms with Crippen LogP contribution in [-0.2, 0) is 9.53 Å². The van der Waals surface area contributed by atoms with Crippen molar-refractivity contribution in [3.05, 3.63) is 0 Å². The van der Waals surface area contributed by atoms with Gasteiger partial charge >= 0.3 is 0 Å². The molecule has 1 unspecified atom stereocenters. The van der Waals surface area contributed by atoms with E-state index in [1.54, 1.807) is 4.90 Å². The third-order valence-corrected chi connectivity index (χ3v) is 3.89. The molecule has 0 fully saturated rings. The normalized spacial score (nSPS) is 11.9. The molecular weight excluding hydrogens is 286 g/mol. The van der Waals surface area contributed by atoms with Crippen LogP contribution in [0.2, 0.25) is 0 Å². The summed E-state index contributed by atoms with van der Waals surface area (Å²) in [7, 11) is 1.84. The summed E-state index contributed by atoms with van der Waals surface area (Å²) in [5.74, 6) is 6.72. The van der Waals surface area contributed by atoms with Crippen molar-refractivity contribution >= 4 is 5.91 Å². The van der Waals surface area contributed by atoms with Crippen LogP contribution in [0.1, 0.15) is 79.1 Å². The van der Waals surface area contributed by atoms with E-state index < -0.39 is 0 Å². The van der Waals surface area contributed by atoms with Gasteiger partial charge in [0.1, 0.15) is 0 Å². The smallest absolute Gasteiger partial charge is 0.223 e. The molecule has 0 aromatic heterocycles. The van der Waals surface area contributed by atoms with Gasteiger partial charge in [-0.2, -0.15) is 0 Å². The molecule has 23 heavy (non-hydrogen) atoms. The second-order valence-electron chi connectivity index (χ2n) is 6.69. The molecule has 0 spiro atoms. The highest BCUT2D eigenvalue weighted by molar-refractivity contribution is 5.76. The van der Waals surface area contributed by atoms with E-state index in [9.17, 15) is 4.79 Å². The number of hydrogen-bond acceptors (Lipinski definition) is 2. The number of carbonyl (C=O) groups is 1. The minimum atomic E-state index is 0.213. The first-order chi connectivity index (χ1) is 11.0. The SMILES string of the molecule is CCC(C)OCCCCCCCCC(=O)N(C)CC#CC(C)C. The molecule has 0 aromatic carbocycles. The first kappa shape index (κ1) is 22.0. The van der Waals surface area contributed by atoms with Crippen LogP contribution in [0.15, 0.2) is 0 Å². The van der Waals surface area contributed by atoms with Crippen LogP contribution < -0.4 is 0 Å². The van der Waals surface area contributed by atoms with Gasteiger partial charge in [0.25, 0.3) is 0 Å². The maximum Gasteiger partial charge on any atom is 0.223 e. The number of carbonyl (C=O) groups excluding carboxylic acids is 1. The highest BCUT2D eigenvalue weighted by Crippen LogP contribution is 2.09. The summed E-state index contributed by atoms with van der Waals surface area (Å²) in [6.07, 6.45) is 9.11. The highest BCUT2D eigenvalue weighted by Gasteiger charge is 2.06. The Morgan fingerprint density at radius 3 is 2.26 bits per heavy atom. The van der Waals surface area contributed by atoms with Crippen LogP contribution in [-0.4, -0.2) is 37.1 Å². The van der Waals surface area contributed by atoms with Crippen LogP contribution in [0.3, 0.4) is 0 Å². The Morgan fingerprint density at radius 2 is 1.65 bits per heavy atom. The minimum absolute atomic E-state index is 0.213. The van der Waals surface area contributed by atoms with Crippen molar-refractivity contribution < 1.29 is 9.53 Å². The summed E-state index contributed by atoms with van der Waals surface area (Å²) < 4.78 is 5.66. The fourth-order valence-corrected chi connectivity index (χ4v) is 2.14. The fourth-order valence-electron chi connectivity index (χ4n) is 2.14. The molecule has 134 valence electrons. The number of hydrogen-bond donors (Lipinski definition) is 0. The number of unbranched alkanes of at least 4 members (excludes halogenated alkanes) is 5. The predicted octanol–water partition coefficient (Wildman–Crippen LogP) is 4.65. The summed E-state index contributed by atoms with van der Waals surface area (Å²) in [5.41, 5.74) is 0. The zero-order valence-corrected chi connectivity index (χ0v) is 16.0. The van der Waals surface area contributed by atoms with E-state index in [0.717, 1.165) is 32.3 Å². The monoisotopic (exact) mass is 323 g/mol. The second-order valence-corrected chi connectivity index (χ2v) is 6.69. The van der Waals surface area contributed by atoms with Crippen LogP contribution in [0.5, 0.6) is 0 Å². The molecule has 0 rings (SSSR count). The van der Waals surface area contributed by atoms with Crippen molar-refractivity contribution in [2.45, 2.75) is 85.2 Å². The Labute approximate surface area is 144 Å². The molecule has 0 aliphatic carbocycles. The first-order valence-electron chi connectivity index (χ1n) is 9.31. The fraction of sp³-hybridized carbons (Fsp3) is 0.850. The highest BCUT2D eigenvalue weighted by atomic mass is 16.5. The molecule has 0 aliphatic heterocycles. The van der Waals surface area contributed by atoms with Crippen LogP contribution in [0.4, 0.5) is 0 Å². The first-order valence-corrected chi connectivity index (χ1v) is 9.31. The molecule has 3 heteroatoms. The van der Waals surface area contributed by atoms with Crippen molar-refractivity contribution in [3.63, 3.8) is 0 Å². The molecule has 0 saturated carbocycles. The minimum Gasteiger partial charge on any atom is -0.379 e. The van der Waals surface area contributed by atoms with Crippen molar-refractivity contribution in [2.75, 3.05) is 20.2 Å². The van der Waals surface area contributed by atoms with E-state index in [1.807, 2.05) is 7.05 Å². The van der Waals surface area contributed by atoms with Gasteiger partial charge in [0, 0.05) is 26.0 Å². The average molecular weight is 324 g/mol. The Bertz CT molecular complexity index is 354. The average Bonchev–Trinajstić information content (AvgIpc) is 2.52. The largest absolute Gasteiger partial charge is 0.379 e. The van der Waals surface area contributed by atoms with Crippen molar-refractivity contribution in [1.82, 2.24) is 4.90 Å². The van der Waals surface area contributed by atoms with Crippen LogP contribution >= 0.6 is 0 Å². The van der Waals surface area contributed by atoms with Gasteiger partial charge in [0.05, 0.1) is 12.6 Å². The predicted molar refractivity (Wildman–Crippen MR) is 98.3 cm³/mol. The van der Waals surface area contributed by atoms with E-state index in [1.165, 1.54) is 19.3 Å². The summed E-state index contributed by atoms with van der Waals surface area (Å²) in [5, 5.41) is 0. The number of amides is 1. The van der Waals surface area contributed by atoms with Crippen LogP contribution in [0, 0.1) is 17.8 Å². The van der Waals surface area contributed by atoms with Gasteiger partial charge < -0.3 is 9.64 Å². The van der Waals surface area contributed by atoms with Gasteiger partial charge in [-0.15, -0.1) is 0 Å². The standard InChI is InChI=1S/C20H37NO2/c1-6-19(4)23-17-12-10-8-7-9-11-15-20(22)21(5)16-13-14-18(2)3/h18-19H,6-12,15-17H2,1-5H3. The number of nitrogens with zero attached hydrogens (tertiary/aromatic N) is 1. The van der Waals surface area contributed by atoms with E-state index in [0.29, 0.717) is 25.0 Å². The quantitative estimate of drug-likeness (QED) is 0.386. The Morgan fingerprint density at radius 1 is 1.04 bits per heavy atom. The zero-order valence-electron chi connectivity index (χ0n) is 16.0. The molecule has 0 bridgehead atoms. The molecule has 1 atom stereocenters. The second kappa shape index (κ2) is 14.6. The van der Waals surface area contributed by atoms with Gasteiger partial charge in [-0.3, -0.25) is 4.79 Å². The lowest BCUT2D eigenvalue weighted by Gasteiger charge is -2.13. The van der Waals surface area contributed by atoms with Crippen molar-refractivity contribution in [3.8, 4) is 11.8 Å². The Hall–Kier alpha value is -1.01. The van der Waals surface area contributed by atoms with E-state index in [4.69, 9.17) is 4.74 Å². The molecule has 0 saturated heterocycles. The number of ether oxygens (including phenoxy) is 1. The Balaban J connectivity index is 3.47. The van der Waals surface area contributed by atoms with Gasteiger partial charge in [-0.25, -0.2) is 0 Å². The van der Waals surface area contributed by atoms with Crippen molar-refractivity contribution in [1.29, 1.82) is 0 Å². The summed E-state index contributed by atoms with van der Waals surface area (Å²) in [4.78, 5) is 13.7.